The molecule has 1 saturated heterocycles. The van der Waals surface area contributed by atoms with Gasteiger partial charge in [-0.3, -0.25) is 4.90 Å². The van der Waals surface area contributed by atoms with Gasteiger partial charge in [0.05, 0.1) is 21.3 Å². The summed E-state index contributed by atoms with van der Waals surface area (Å²) in [6, 6.07) is 12.6. The van der Waals surface area contributed by atoms with Gasteiger partial charge >= 0.3 is 6.03 Å². The van der Waals surface area contributed by atoms with E-state index in [0.29, 0.717) is 42.2 Å². The van der Waals surface area contributed by atoms with Crippen molar-refractivity contribution < 1.29 is 19.0 Å². The highest BCUT2D eigenvalue weighted by atomic mass is 35.5. The van der Waals surface area contributed by atoms with Crippen LogP contribution in [0.4, 0.5) is 4.79 Å². The van der Waals surface area contributed by atoms with Crippen LogP contribution in [0.2, 0.25) is 5.02 Å². The Labute approximate surface area is 225 Å². The zero-order chi connectivity index (χ0) is 26.2. The Morgan fingerprint density at radius 2 is 1.62 bits per heavy atom. The molecule has 2 amide bonds. The molecular weight excluding hydrogens is 490 g/mol. The molecule has 2 atom stereocenters. The van der Waals surface area contributed by atoms with E-state index in [9.17, 15) is 4.79 Å². The van der Waals surface area contributed by atoms with Crippen LogP contribution in [0.5, 0.6) is 17.2 Å². The van der Waals surface area contributed by atoms with E-state index in [1.165, 1.54) is 18.4 Å². The Bertz CT molecular complexity index is 999. The lowest BCUT2D eigenvalue weighted by Crippen LogP contribution is -2.53. The lowest BCUT2D eigenvalue weighted by Gasteiger charge is -2.38. The summed E-state index contributed by atoms with van der Waals surface area (Å²) in [6.07, 6.45) is 7.53. The smallest absolute Gasteiger partial charge is 0.315 e. The maximum atomic E-state index is 12.7. The van der Waals surface area contributed by atoms with Gasteiger partial charge in [-0.1, -0.05) is 23.7 Å². The van der Waals surface area contributed by atoms with Crippen LogP contribution in [0.25, 0.3) is 0 Å². The van der Waals surface area contributed by atoms with Crippen molar-refractivity contribution in [2.45, 2.75) is 57.0 Å². The van der Waals surface area contributed by atoms with Gasteiger partial charge in [0, 0.05) is 23.7 Å². The molecule has 202 valence electrons. The van der Waals surface area contributed by atoms with E-state index in [2.05, 4.69) is 27.7 Å². The fraction of sp³-hybridized carbons (Fsp3) is 0.552. The predicted molar refractivity (Wildman–Crippen MR) is 147 cm³/mol. The van der Waals surface area contributed by atoms with Crippen molar-refractivity contribution in [3.63, 3.8) is 0 Å². The fourth-order valence-electron chi connectivity index (χ4n) is 5.81. The summed E-state index contributed by atoms with van der Waals surface area (Å²) in [4.78, 5) is 15.3. The van der Waals surface area contributed by atoms with Gasteiger partial charge in [-0.15, -0.1) is 0 Å². The van der Waals surface area contributed by atoms with Gasteiger partial charge in [0.15, 0.2) is 11.5 Å². The van der Waals surface area contributed by atoms with Crippen LogP contribution in [0.1, 0.15) is 43.2 Å². The maximum Gasteiger partial charge on any atom is 0.315 e. The minimum atomic E-state index is -0.0954. The summed E-state index contributed by atoms with van der Waals surface area (Å²) in [5, 5.41) is 7.09. The molecule has 1 saturated carbocycles. The zero-order valence-corrected chi connectivity index (χ0v) is 23.0. The Morgan fingerprint density at radius 3 is 2.24 bits per heavy atom. The molecule has 2 N–H and O–H groups in total. The van der Waals surface area contributed by atoms with Crippen LogP contribution in [-0.4, -0.2) is 64.0 Å². The van der Waals surface area contributed by atoms with Gasteiger partial charge in [0.2, 0.25) is 5.75 Å². The molecule has 4 rings (SSSR count). The van der Waals surface area contributed by atoms with Gasteiger partial charge in [-0.25, -0.2) is 4.79 Å². The summed E-state index contributed by atoms with van der Waals surface area (Å²) in [7, 11) is 4.80. The lowest BCUT2D eigenvalue weighted by atomic mass is 9.89. The number of halogens is 1. The molecule has 37 heavy (non-hydrogen) atoms. The number of piperidine rings is 1. The third kappa shape index (κ3) is 7.23. The van der Waals surface area contributed by atoms with Crippen molar-refractivity contribution in [2.24, 2.45) is 5.92 Å². The highest BCUT2D eigenvalue weighted by Gasteiger charge is 2.35. The SMILES string of the molecule is COc1cc(CCNC(=O)NC2CCCC2N2CCC(Cc3ccc(Cl)cc3)CC2)cc(OC)c1OC. The Balaban J connectivity index is 1.22. The molecule has 2 aliphatic rings. The first-order valence-corrected chi connectivity index (χ1v) is 13.7. The summed E-state index contributed by atoms with van der Waals surface area (Å²) >= 11 is 6.03. The van der Waals surface area contributed by atoms with E-state index in [1.54, 1.807) is 21.3 Å². The summed E-state index contributed by atoms with van der Waals surface area (Å²) < 4.78 is 16.3. The van der Waals surface area contributed by atoms with Crippen LogP contribution in [0.3, 0.4) is 0 Å². The molecule has 2 aromatic carbocycles. The second kappa shape index (κ2) is 13.2. The number of likely N-dealkylation sites (tertiary alicyclic amines) is 1. The maximum absolute atomic E-state index is 12.7. The number of nitrogens with one attached hydrogen (secondary N) is 2. The number of rotatable bonds is 10. The van der Waals surface area contributed by atoms with Gasteiger partial charge in [0.1, 0.15) is 0 Å². The minimum absolute atomic E-state index is 0.0954. The number of hydrogen-bond acceptors (Lipinski definition) is 5. The van der Waals surface area contributed by atoms with Gasteiger partial charge in [0.25, 0.3) is 0 Å². The zero-order valence-electron chi connectivity index (χ0n) is 22.2. The van der Waals surface area contributed by atoms with Crippen LogP contribution >= 0.6 is 11.6 Å². The molecule has 1 aliphatic heterocycles. The number of methoxy groups -OCH3 is 3. The number of carbonyl (C=O) groups excluding carboxylic acids is 1. The first-order valence-electron chi connectivity index (χ1n) is 13.3. The quantitative estimate of drug-likeness (QED) is 0.449. The van der Waals surface area contributed by atoms with Crippen molar-refractivity contribution in [1.29, 1.82) is 0 Å². The number of hydrogen-bond donors (Lipinski definition) is 2. The van der Waals surface area contributed by atoms with Crippen molar-refractivity contribution in [1.82, 2.24) is 15.5 Å². The van der Waals surface area contributed by atoms with Crippen LogP contribution in [0.15, 0.2) is 36.4 Å². The van der Waals surface area contributed by atoms with E-state index < -0.39 is 0 Å². The first kappa shape index (κ1) is 27.4. The van der Waals surface area contributed by atoms with E-state index >= 15 is 0 Å². The molecule has 2 aromatic rings. The predicted octanol–water partition coefficient (Wildman–Crippen LogP) is 5.08. The molecule has 0 aromatic heterocycles. The summed E-state index contributed by atoms with van der Waals surface area (Å²) in [5.74, 6) is 2.52. The number of benzene rings is 2. The molecule has 1 aliphatic carbocycles. The Morgan fingerprint density at radius 1 is 0.946 bits per heavy atom. The van der Waals surface area contributed by atoms with E-state index in [4.69, 9.17) is 25.8 Å². The molecule has 0 spiro atoms. The largest absolute Gasteiger partial charge is 0.493 e. The number of amides is 2. The van der Waals surface area contributed by atoms with Crippen molar-refractivity contribution in [2.75, 3.05) is 41.0 Å². The topological polar surface area (TPSA) is 72.1 Å². The molecule has 2 unspecified atom stereocenters. The second-order valence-corrected chi connectivity index (χ2v) is 10.5. The van der Waals surface area contributed by atoms with Crippen molar-refractivity contribution in [3.8, 4) is 17.2 Å². The highest BCUT2D eigenvalue weighted by Crippen LogP contribution is 2.38. The molecule has 8 heteroatoms. The fourth-order valence-corrected chi connectivity index (χ4v) is 5.93. The lowest BCUT2D eigenvalue weighted by molar-refractivity contribution is 0.119. The third-order valence-corrected chi connectivity index (χ3v) is 8.03. The van der Waals surface area contributed by atoms with E-state index in [1.807, 2.05) is 24.3 Å². The number of nitrogens with zero attached hydrogens (tertiary/aromatic N) is 1. The van der Waals surface area contributed by atoms with Crippen LogP contribution in [-0.2, 0) is 12.8 Å². The number of urea groups is 1. The summed E-state index contributed by atoms with van der Waals surface area (Å²) in [5.41, 5.74) is 2.38. The Kier molecular flexibility index (Phi) is 9.81. The standard InChI is InChI=1S/C29H40ClN3O4/c1-35-26-18-22(19-27(36-2)28(26)37-3)11-14-31-29(34)32-24-5-4-6-25(24)33-15-12-21(13-16-33)17-20-7-9-23(30)10-8-20/h7-10,18-19,21,24-25H,4-6,11-17H2,1-3H3,(H2,31,32,34). The number of carbonyl (C=O) groups is 1. The van der Waals surface area contributed by atoms with Crippen molar-refractivity contribution in [3.05, 3.63) is 52.5 Å². The number of ether oxygens (including phenoxy) is 3. The Hall–Kier alpha value is -2.64. The monoisotopic (exact) mass is 529 g/mol. The average molecular weight is 530 g/mol. The van der Waals surface area contributed by atoms with E-state index in [0.717, 1.165) is 49.4 Å². The average Bonchev–Trinajstić information content (AvgIpc) is 3.37. The third-order valence-electron chi connectivity index (χ3n) is 7.78. The minimum Gasteiger partial charge on any atom is -0.493 e. The normalized spacial score (nSPS) is 20.4. The molecule has 2 fully saturated rings. The van der Waals surface area contributed by atoms with Gasteiger partial charge < -0.3 is 24.8 Å². The van der Waals surface area contributed by atoms with Crippen LogP contribution < -0.4 is 24.8 Å². The summed E-state index contributed by atoms with van der Waals surface area (Å²) in [6.45, 7) is 2.73. The first-order chi connectivity index (χ1) is 18.0. The van der Waals surface area contributed by atoms with Crippen molar-refractivity contribution >= 4 is 17.6 Å². The molecular formula is C29H40ClN3O4. The van der Waals surface area contributed by atoms with E-state index in [-0.39, 0.29) is 12.1 Å². The van der Waals surface area contributed by atoms with Gasteiger partial charge in [-0.2, -0.15) is 0 Å². The van der Waals surface area contributed by atoms with Gasteiger partial charge in [-0.05, 0) is 99.3 Å². The molecule has 1 heterocycles. The molecule has 0 bridgehead atoms. The molecule has 0 radical (unpaired) electrons. The molecule has 7 nitrogen and oxygen atoms in total. The highest BCUT2D eigenvalue weighted by molar-refractivity contribution is 6.30. The van der Waals surface area contributed by atoms with Crippen LogP contribution in [0, 0.1) is 5.92 Å². The second-order valence-electron chi connectivity index (χ2n) is 10.1.